The van der Waals surface area contributed by atoms with Gasteiger partial charge in [-0.1, -0.05) is 0 Å². The van der Waals surface area contributed by atoms with Gasteiger partial charge in [0.25, 0.3) is 5.69 Å². The third-order valence-corrected chi connectivity index (χ3v) is 3.40. The molecule has 0 unspecified atom stereocenters. The van der Waals surface area contributed by atoms with Gasteiger partial charge in [0, 0.05) is 30.9 Å². The van der Waals surface area contributed by atoms with Crippen molar-refractivity contribution in [1.82, 2.24) is 10.2 Å². The normalized spacial score (nSPS) is 13.0. The molecule has 2 rings (SSSR count). The van der Waals surface area contributed by atoms with E-state index in [2.05, 4.69) is 10.6 Å². The Kier molecular flexibility index (Phi) is 8.34. The average Bonchev–Trinajstić information content (AvgIpc) is 2.61. The van der Waals surface area contributed by atoms with Gasteiger partial charge in [0.1, 0.15) is 6.54 Å². The number of anilines is 1. The molecule has 1 saturated heterocycles. The van der Waals surface area contributed by atoms with Crippen LogP contribution in [-0.2, 0) is 4.79 Å². The zero-order valence-electron chi connectivity index (χ0n) is 14.0. The Bertz CT molecular complexity index is 642. The largest absolute Gasteiger partial charge is 0.480 e. The first-order valence-corrected chi connectivity index (χ1v) is 7.85. The van der Waals surface area contributed by atoms with Crippen LogP contribution in [0.1, 0.15) is 19.3 Å². The van der Waals surface area contributed by atoms with E-state index in [0.717, 1.165) is 25.9 Å². The molecular formula is C15H21N5O6. The molecular weight excluding hydrogens is 346 g/mol. The number of nitro groups is 1. The molecule has 0 aliphatic carbocycles. The van der Waals surface area contributed by atoms with Crippen LogP contribution >= 0.6 is 0 Å². The molecule has 0 aromatic heterocycles. The highest BCUT2D eigenvalue weighted by Gasteiger charge is 2.12. The van der Waals surface area contributed by atoms with Crippen LogP contribution in [0.25, 0.3) is 0 Å². The zero-order chi connectivity index (χ0) is 19.5. The van der Waals surface area contributed by atoms with E-state index in [1.54, 1.807) is 4.90 Å². The quantitative estimate of drug-likeness (QED) is 0.462. The molecule has 1 fully saturated rings. The van der Waals surface area contributed by atoms with Gasteiger partial charge >= 0.3 is 18.0 Å². The summed E-state index contributed by atoms with van der Waals surface area (Å²) >= 11 is 0. The van der Waals surface area contributed by atoms with Gasteiger partial charge in [-0.15, -0.1) is 0 Å². The zero-order valence-corrected chi connectivity index (χ0v) is 14.0. The summed E-state index contributed by atoms with van der Waals surface area (Å²) < 4.78 is 0. The Labute approximate surface area is 149 Å². The number of carbonyl (C=O) groups excluding carboxylic acids is 2. The number of carboxylic acid groups (broad SMARTS) is 1. The molecule has 0 spiro atoms. The summed E-state index contributed by atoms with van der Waals surface area (Å²) in [5.74, 6) is -1.16. The lowest BCUT2D eigenvalue weighted by Gasteiger charge is -2.24. The number of non-ortho nitro benzene ring substituents is 1. The van der Waals surface area contributed by atoms with Crippen LogP contribution in [0.4, 0.5) is 21.0 Å². The van der Waals surface area contributed by atoms with Crippen molar-refractivity contribution in [2.75, 3.05) is 25.0 Å². The summed E-state index contributed by atoms with van der Waals surface area (Å²) in [5.41, 5.74) is 5.29. The topological polar surface area (TPSA) is 168 Å². The van der Waals surface area contributed by atoms with Gasteiger partial charge in [-0.3, -0.25) is 14.9 Å². The van der Waals surface area contributed by atoms with Crippen LogP contribution in [-0.4, -0.2) is 52.6 Å². The third kappa shape index (κ3) is 7.95. The minimum Gasteiger partial charge on any atom is -0.480 e. The molecule has 1 aliphatic rings. The van der Waals surface area contributed by atoms with Crippen molar-refractivity contribution in [2.24, 2.45) is 5.73 Å². The fourth-order valence-corrected chi connectivity index (χ4v) is 2.11. The number of rotatable bonds is 4. The molecule has 4 amide bonds. The van der Waals surface area contributed by atoms with Crippen LogP contribution in [0.15, 0.2) is 24.3 Å². The molecule has 5 N–H and O–H groups in total. The average molecular weight is 367 g/mol. The first-order valence-electron chi connectivity index (χ1n) is 7.85. The van der Waals surface area contributed by atoms with Gasteiger partial charge in [0.05, 0.1) is 4.92 Å². The van der Waals surface area contributed by atoms with E-state index in [-0.39, 0.29) is 11.7 Å². The van der Waals surface area contributed by atoms with Crippen molar-refractivity contribution in [3.05, 3.63) is 34.4 Å². The molecule has 1 heterocycles. The Balaban J connectivity index is 0.000000314. The van der Waals surface area contributed by atoms with Gasteiger partial charge in [-0.2, -0.15) is 0 Å². The number of likely N-dealkylation sites (tertiary alicyclic amines) is 1. The number of nitrogens with two attached hydrogens (primary N) is 1. The first kappa shape index (κ1) is 20.7. The van der Waals surface area contributed by atoms with Gasteiger partial charge in [-0.05, 0) is 31.4 Å². The lowest BCUT2D eigenvalue weighted by atomic mass is 10.1. The van der Waals surface area contributed by atoms with Crippen LogP contribution in [0, 0.1) is 10.1 Å². The number of nitrogens with zero attached hydrogens (tertiary/aromatic N) is 2. The standard InChI is InChI=1S/C9H9N3O5.C6H12N2O/c13-8(14)5-10-9(15)11-6-1-3-7(4-2-6)12(16)17;7-6(9)8-4-2-1-3-5-8/h1-4H,5H2,(H,13,14)(H2,10,11,15);1-5H2,(H2,7,9). The predicted octanol–water partition coefficient (Wildman–Crippen LogP) is 1.35. The third-order valence-electron chi connectivity index (χ3n) is 3.40. The highest BCUT2D eigenvalue weighted by molar-refractivity contribution is 5.91. The Morgan fingerprint density at radius 1 is 1.15 bits per heavy atom. The number of carbonyl (C=O) groups is 3. The van der Waals surface area contributed by atoms with Crippen molar-refractivity contribution in [2.45, 2.75) is 19.3 Å². The van der Waals surface area contributed by atoms with E-state index in [9.17, 15) is 24.5 Å². The molecule has 0 saturated carbocycles. The van der Waals surface area contributed by atoms with E-state index >= 15 is 0 Å². The number of piperidine rings is 1. The number of primary amides is 1. The number of carboxylic acids is 1. The van der Waals surface area contributed by atoms with Crippen molar-refractivity contribution < 1.29 is 24.4 Å². The summed E-state index contributed by atoms with van der Waals surface area (Å²) in [4.78, 5) is 43.3. The molecule has 1 aliphatic heterocycles. The van der Waals surface area contributed by atoms with Crippen LogP contribution in [0.2, 0.25) is 0 Å². The molecule has 0 radical (unpaired) electrons. The molecule has 0 atom stereocenters. The smallest absolute Gasteiger partial charge is 0.323 e. The highest BCUT2D eigenvalue weighted by Crippen LogP contribution is 2.15. The molecule has 26 heavy (non-hydrogen) atoms. The summed E-state index contributed by atoms with van der Waals surface area (Å²) in [6.07, 6.45) is 3.47. The minimum absolute atomic E-state index is 0.0958. The predicted molar refractivity (Wildman–Crippen MR) is 92.8 cm³/mol. The second-order valence-electron chi connectivity index (χ2n) is 5.39. The Hall–Kier alpha value is -3.37. The number of hydrogen-bond acceptors (Lipinski definition) is 5. The lowest BCUT2D eigenvalue weighted by molar-refractivity contribution is -0.384. The van der Waals surface area contributed by atoms with Gasteiger partial charge in [-0.25, -0.2) is 9.59 Å². The van der Waals surface area contributed by atoms with E-state index in [1.165, 1.54) is 30.7 Å². The maximum absolute atomic E-state index is 11.1. The number of hydrogen-bond donors (Lipinski definition) is 4. The van der Waals surface area contributed by atoms with Crippen molar-refractivity contribution in [1.29, 1.82) is 0 Å². The maximum Gasteiger partial charge on any atom is 0.323 e. The number of urea groups is 2. The molecule has 11 heteroatoms. The second-order valence-corrected chi connectivity index (χ2v) is 5.39. The molecule has 0 bridgehead atoms. The van der Waals surface area contributed by atoms with E-state index in [0.29, 0.717) is 5.69 Å². The fourth-order valence-electron chi connectivity index (χ4n) is 2.11. The maximum atomic E-state index is 11.1. The second kappa shape index (κ2) is 10.5. The van der Waals surface area contributed by atoms with E-state index in [4.69, 9.17) is 10.8 Å². The van der Waals surface area contributed by atoms with Crippen molar-refractivity contribution in [3.63, 3.8) is 0 Å². The first-order chi connectivity index (χ1) is 12.3. The number of nitrogens with one attached hydrogen (secondary N) is 2. The van der Waals surface area contributed by atoms with Gasteiger partial charge in [0.15, 0.2) is 0 Å². The van der Waals surface area contributed by atoms with Gasteiger partial charge < -0.3 is 26.4 Å². The number of nitro benzene ring substituents is 1. The monoisotopic (exact) mass is 367 g/mol. The van der Waals surface area contributed by atoms with Crippen LogP contribution in [0.5, 0.6) is 0 Å². The van der Waals surface area contributed by atoms with Crippen molar-refractivity contribution >= 4 is 29.4 Å². The summed E-state index contributed by atoms with van der Waals surface area (Å²) in [6.45, 7) is 1.21. The highest BCUT2D eigenvalue weighted by atomic mass is 16.6. The summed E-state index contributed by atoms with van der Waals surface area (Å²) in [7, 11) is 0. The molecule has 1 aromatic rings. The molecule has 11 nitrogen and oxygen atoms in total. The van der Waals surface area contributed by atoms with Crippen LogP contribution < -0.4 is 16.4 Å². The van der Waals surface area contributed by atoms with Gasteiger partial charge in [0.2, 0.25) is 0 Å². The number of benzene rings is 1. The number of amides is 4. The molecule has 1 aromatic carbocycles. The Morgan fingerprint density at radius 3 is 2.15 bits per heavy atom. The summed E-state index contributed by atoms with van der Waals surface area (Å²) in [5, 5.41) is 23.1. The Morgan fingerprint density at radius 2 is 1.73 bits per heavy atom. The lowest BCUT2D eigenvalue weighted by Crippen LogP contribution is -2.39. The fraction of sp³-hybridized carbons (Fsp3) is 0.400. The van der Waals surface area contributed by atoms with Crippen LogP contribution in [0.3, 0.4) is 0 Å². The SMILES string of the molecule is NC(=O)N1CCCCC1.O=C(O)CNC(=O)Nc1ccc([N+](=O)[O-])cc1. The number of aliphatic carboxylic acids is 1. The molecule has 142 valence electrons. The minimum atomic E-state index is -1.16. The van der Waals surface area contributed by atoms with E-state index in [1.807, 2.05) is 0 Å². The van der Waals surface area contributed by atoms with E-state index < -0.39 is 23.5 Å². The van der Waals surface area contributed by atoms with Crippen molar-refractivity contribution in [3.8, 4) is 0 Å². The summed E-state index contributed by atoms with van der Waals surface area (Å²) in [6, 6.07) is 4.19.